The number of allylic oxidation sites excluding steroid dienone is 2. The van der Waals surface area contributed by atoms with E-state index in [1.807, 2.05) is 6.92 Å². The molecule has 0 bridgehead atoms. The average Bonchev–Trinajstić information content (AvgIpc) is 2.83. The van der Waals surface area contributed by atoms with E-state index in [9.17, 15) is 8.78 Å². The van der Waals surface area contributed by atoms with Gasteiger partial charge in [0.05, 0.1) is 6.04 Å². The van der Waals surface area contributed by atoms with E-state index in [4.69, 9.17) is 0 Å². The summed E-state index contributed by atoms with van der Waals surface area (Å²) >= 11 is 0. The highest BCUT2D eigenvalue weighted by Gasteiger charge is 2.12. The van der Waals surface area contributed by atoms with Crippen molar-refractivity contribution >= 4 is 11.3 Å². The van der Waals surface area contributed by atoms with Crippen LogP contribution in [-0.4, -0.2) is 0 Å². The van der Waals surface area contributed by atoms with Gasteiger partial charge in [0.25, 0.3) is 0 Å². The maximum atomic E-state index is 12.6. The molecule has 0 aromatic heterocycles. The Bertz CT molecular complexity index is 1130. The predicted octanol–water partition coefficient (Wildman–Crippen LogP) is 9.05. The van der Waals surface area contributed by atoms with Gasteiger partial charge in [0.2, 0.25) is 0 Å². The molecular weight excluding hydrogens is 424 g/mol. The zero-order valence-corrected chi connectivity index (χ0v) is 21.3. The highest BCUT2D eigenvalue weighted by atomic mass is 19.1. The zero-order chi connectivity index (χ0) is 25.3. The lowest BCUT2D eigenvalue weighted by molar-refractivity contribution is 0.573. The Labute approximate surface area is 204 Å². The third-order valence-electron chi connectivity index (χ3n) is 6.09. The lowest BCUT2D eigenvalue weighted by Gasteiger charge is -2.21. The van der Waals surface area contributed by atoms with Crippen LogP contribution in [0.15, 0.2) is 78.9 Å². The first-order valence-electron chi connectivity index (χ1n) is 11.9. The molecule has 0 saturated heterocycles. The fraction of sp³-hybridized carbons (Fsp3) is 0.290. The number of benzene rings is 3. The molecule has 1 unspecified atom stereocenters. The molecule has 1 nitrogen and oxygen atoms in total. The van der Waals surface area contributed by atoms with Crippen LogP contribution in [0.1, 0.15) is 74.9 Å². The molecule has 3 aromatic carbocycles. The molecule has 0 spiro atoms. The normalized spacial score (nSPS) is 11.2. The summed E-state index contributed by atoms with van der Waals surface area (Å²) in [6, 6.07) is 21.1. The molecule has 0 aliphatic carbocycles. The summed E-state index contributed by atoms with van der Waals surface area (Å²) < 4.78 is 24.9. The van der Waals surface area contributed by atoms with Crippen molar-refractivity contribution in [2.75, 3.05) is 0 Å². The number of rotatable bonds is 7. The van der Waals surface area contributed by atoms with Crippen molar-refractivity contribution < 1.29 is 8.78 Å². The fourth-order valence-corrected chi connectivity index (χ4v) is 3.69. The second-order valence-electron chi connectivity index (χ2n) is 8.74. The minimum absolute atomic E-state index is 0.285. The molecule has 34 heavy (non-hydrogen) atoms. The molecule has 0 radical (unpaired) electrons. The average molecular weight is 462 g/mol. The molecule has 180 valence electrons. The van der Waals surface area contributed by atoms with Crippen LogP contribution in [0.3, 0.4) is 0 Å². The number of hydrogen-bond acceptors (Lipinski definition) is 1. The van der Waals surface area contributed by atoms with E-state index < -0.39 is 11.6 Å². The van der Waals surface area contributed by atoms with Gasteiger partial charge in [0.15, 0.2) is 0 Å². The SMILES string of the molecule is C=C(NC(CC)c1ccccc1)c1ccc(C)c(C(C)=C(C)C)c1.CCc1ccc(F)cc1F. The highest BCUT2D eigenvalue weighted by molar-refractivity contribution is 5.73. The Kier molecular flexibility index (Phi) is 10.2. The molecule has 3 heteroatoms. The van der Waals surface area contributed by atoms with E-state index in [2.05, 4.69) is 95.0 Å². The summed E-state index contributed by atoms with van der Waals surface area (Å²) in [5, 5.41) is 3.60. The molecule has 3 aromatic rings. The van der Waals surface area contributed by atoms with Crippen LogP contribution < -0.4 is 5.32 Å². The van der Waals surface area contributed by atoms with Crippen molar-refractivity contribution in [2.24, 2.45) is 0 Å². The van der Waals surface area contributed by atoms with Gasteiger partial charge in [-0.05, 0) is 86.1 Å². The molecule has 1 atom stereocenters. The van der Waals surface area contributed by atoms with Gasteiger partial charge in [-0.2, -0.15) is 0 Å². The molecule has 1 N–H and O–H groups in total. The monoisotopic (exact) mass is 461 g/mol. The van der Waals surface area contributed by atoms with Gasteiger partial charge in [-0.3, -0.25) is 0 Å². The molecule has 0 fully saturated rings. The van der Waals surface area contributed by atoms with Crippen molar-refractivity contribution in [3.63, 3.8) is 0 Å². The largest absolute Gasteiger partial charge is 0.378 e. The second kappa shape index (κ2) is 12.9. The third-order valence-corrected chi connectivity index (χ3v) is 6.09. The van der Waals surface area contributed by atoms with E-state index in [-0.39, 0.29) is 6.04 Å². The molecule has 0 saturated carbocycles. The lowest BCUT2D eigenvalue weighted by Crippen LogP contribution is -2.18. The Morgan fingerprint density at radius 1 is 0.912 bits per heavy atom. The number of aryl methyl sites for hydroxylation is 2. The lowest BCUT2D eigenvalue weighted by atomic mass is 9.95. The van der Waals surface area contributed by atoms with E-state index in [1.165, 1.54) is 40.0 Å². The first kappa shape index (κ1) is 27.0. The van der Waals surface area contributed by atoms with E-state index in [0.717, 1.165) is 23.7 Å². The summed E-state index contributed by atoms with van der Waals surface area (Å²) in [5.41, 5.74) is 9.31. The van der Waals surface area contributed by atoms with Gasteiger partial charge in [-0.15, -0.1) is 0 Å². The Hall–Kier alpha value is -3.20. The summed E-state index contributed by atoms with van der Waals surface area (Å²) in [4.78, 5) is 0. The summed E-state index contributed by atoms with van der Waals surface area (Å²) in [7, 11) is 0. The summed E-state index contributed by atoms with van der Waals surface area (Å²) in [6.07, 6.45) is 1.63. The molecule has 0 aliphatic heterocycles. The topological polar surface area (TPSA) is 12.0 Å². The van der Waals surface area contributed by atoms with Crippen molar-refractivity contribution in [3.8, 4) is 0 Å². The Morgan fingerprint density at radius 3 is 2.15 bits per heavy atom. The quantitative estimate of drug-likeness (QED) is 0.370. The molecular formula is C31H37F2N. The standard InChI is InChI=1S/C23H29N.C8H8F2/c1-7-23(20-11-9-8-10-12-20)24-19(6)21-14-13-17(4)22(15-21)18(5)16(2)3;1-2-6-3-4-7(9)5-8(6)10/h8-15,23-24H,6-7H2,1-5H3;3-5H,2H2,1H3. The van der Waals surface area contributed by atoms with Crippen molar-refractivity contribution in [2.45, 2.75) is 60.4 Å². The molecule has 3 rings (SSSR count). The number of nitrogens with one attached hydrogen (secondary N) is 1. The van der Waals surface area contributed by atoms with Crippen LogP contribution in [-0.2, 0) is 6.42 Å². The number of hydrogen-bond donors (Lipinski definition) is 1. The first-order valence-corrected chi connectivity index (χ1v) is 11.9. The predicted molar refractivity (Wildman–Crippen MR) is 143 cm³/mol. The smallest absolute Gasteiger partial charge is 0.129 e. The maximum Gasteiger partial charge on any atom is 0.129 e. The molecule has 0 aliphatic rings. The minimum Gasteiger partial charge on any atom is -0.378 e. The van der Waals surface area contributed by atoms with Crippen LogP contribution in [0, 0.1) is 18.6 Å². The van der Waals surface area contributed by atoms with Crippen LogP contribution in [0.25, 0.3) is 11.3 Å². The first-order chi connectivity index (χ1) is 16.2. The van der Waals surface area contributed by atoms with E-state index in [0.29, 0.717) is 12.0 Å². The molecule has 0 amide bonds. The Morgan fingerprint density at radius 2 is 1.59 bits per heavy atom. The van der Waals surface area contributed by atoms with Gasteiger partial charge in [0, 0.05) is 11.8 Å². The van der Waals surface area contributed by atoms with Crippen molar-refractivity contribution in [1.29, 1.82) is 0 Å². The maximum absolute atomic E-state index is 12.6. The summed E-state index contributed by atoms with van der Waals surface area (Å²) in [6.45, 7) is 17.0. The third kappa shape index (κ3) is 7.41. The van der Waals surface area contributed by atoms with Crippen LogP contribution in [0.2, 0.25) is 0 Å². The van der Waals surface area contributed by atoms with Crippen molar-refractivity contribution in [1.82, 2.24) is 5.32 Å². The molecule has 0 heterocycles. The summed E-state index contributed by atoms with van der Waals surface area (Å²) in [5.74, 6) is -0.975. The van der Waals surface area contributed by atoms with Gasteiger partial charge >= 0.3 is 0 Å². The van der Waals surface area contributed by atoms with Crippen molar-refractivity contribution in [3.05, 3.63) is 118 Å². The zero-order valence-electron chi connectivity index (χ0n) is 21.3. The van der Waals surface area contributed by atoms with Gasteiger partial charge < -0.3 is 5.32 Å². The minimum atomic E-state index is -0.519. The fourth-order valence-electron chi connectivity index (χ4n) is 3.69. The number of halogens is 2. The van der Waals surface area contributed by atoms with Gasteiger partial charge in [-0.1, -0.05) is 74.5 Å². The van der Waals surface area contributed by atoms with Crippen LogP contribution >= 0.6 is 0 Å². The van der Waals surface area contributed by atoms with Crippen LogP contribution in [0.5, 0.6) is 0 Å². The van der Waals surface area contributed by atoms with Gasteiger partial charge in [0.1, 0.15) is 11.6 Å². The Balaban J connectivity index is 0.000000340. The van der Waals surface area contributed by atoms with Crippen LogP contribution in [0.4, 0.5) is 8.78 Å². The van der Waals surface area contributed by atoms with E-state index >= 15 is 0 Å². The second-order valence-corrected chi connectivity index (χ2v) is 8.74. The highest BCUT2D eigenvalue weighted by Crippen LogP contribution is 2.26. The van der Waals surface area contributed by atoms with Gasteiger partial charge in [-0.25, -0.2) is 8.78 Å². The van der Waals surface area contributed by atoms with E-state index in [1.54, 1.807) is 0 Å².